The van der Waals surface area contributed by atoms with Crippen LogP contribution in [-0.2, 0) is 24.8 Å². The second kappa shape index (κ2) is 6.96. The Bertz CT molecular complexity index is 700. The highest BCUT2D eigenvalue weighted by Crippen LogP contribution is 2.28. The number of nitrogens with zero attached hydrogens (tertiary/aromatic N) is 6. The van der Waals surface area contributed by atoms with Crippen LogP contribution in [0.2, 0.25) is 0 Å². The molecule has 1 aliphatic heterocycles. The fraction of sp³-hybridized carbons (Fsp3) is 0.500. The topological polar surface area (TPSA) is 76.4 Å². The van der Waals surface area contributed by atoms with E-state index in [9.17, 15) is 4.79 Å². The largest absolute Gasteiger partial charge is 0.374 e. The maximum atomic E-state index is 12.5. The number of urea groups is 1. The predicted molar refractivity (Wildman–Crippen MR) is 87.1 cm³/mol. The van der Waals surface area contributed by atoms with E-state index in [1.54, 1.807) is 41.0 Å². The smallest absolute Gasteiger partial charge is 0.320 e. The number of hydrogen-bond acceptors (Lipinski definition) is 5. The molecule has 0 saturated heterocycles. The molecular formula is C16H22N6O2. The first kappa shape index (κ1) is 16.4. The van der Waals surface area contributed by atoms with Gasteiger partial charge in [0.15, 0.2) is 0 Å². The van der Waals surface area contributed by atoms with E-state index in [0.717, 1.165) is 23.4 Å². The van der Waals surface area contributed by atoms with E-state index in [1.165, 1.54) is 0 Å². The first-order chi connectivity index (χ1) is 11.6. The molecule has 0 N–H and O–H groups in total. The van der Waals surface area contributed by atoms with Crippen molar-refractivity contribution in [2.75, 3.05) is 27.2 Å². The van der Waals surface area contributed by atoms with Gasteiger partial charge in [-0.2, -0.15) is 0 Å². The Morgan fingerprint density at radius 3 is 3.00 bits per heavy atom. The van der Waals surface area contributed by atoms with Gasteiger partial charge in [-0.3, -0.25) is 9.67 Å². The molecule has 0 spiro atoms. The molecule has 8 nitrogen and oxygen atoms in total. The van der Waals surface area contributed by atoms with Crippen molar-refractivity contribution in [2.24, 2.45) is 7.05 Å². The first-order valence-corrected chi connectivity index (χ1v) is 7.91. The average molecular weight is 330 g/mol. The fourth-order valence-electron chi connectivity index (χ4n) is 2.90. The lowest BCUT2D eigenvalue weighted by Gasteiger charge is -2.36. The quantitative estimate of drug-likeness (QED) is 0.836. The minimum absolute atomic E-state index is 0.0405. The number of rotatable bonds is 4. The van der Waals surface area contributed by atoms with Gasteiger partial charge in [0.25, 0.3) is 0 Å². The lowest BCUT2D eigenvalue weighted by atomic mass is 10.0. The van der Waals surface area contributed by atoms with Crippen LogP contribution in [0, 0.1) is 0 Å². The number of aryl methyl sites for hydroxylation is 1. The van der Waals surface area contributed by atoms with Gasteiger partial charge in [-0.05, 0) is 11.6 Å². The summed E-state index contributed by atoms with van der Waals surface area (Å²) in [7, 11) is 5.38. The molecule has 0 aromatic carbocycles. The van der Waals surface area contributed by atoms with Gasteiger partial charge in [0.2, 0.25) is 0 Å². The Balaban J connectivity index is 1.75. The third-order valence-corrected chi connectivity index (χ3v) is 4.15. The molecule has 2 aromatic heterocycles. The summed E-state index contributed by atoms with van der Waals surface area (Å²) in [5, 5.41) is 8.37. The Morgan fingerprint density at radius 1 is 1.46 bits per heavy atom. The van der Waals surface area contributed by atoms with Crippen LogP contribution in [0.5, 0.6) is 0 Å². The summed E-state index contributed by atoms with van der Waals surface area (Å²) in [6.07, 6.45) is 4.25. The summed E-state index contributed by atoms with van der Waals surface area (Å²) in [5.41, 5.74) is 2.89. The summed E-state index contributed by atoms with van der Waals surface area (Å²) in [6.45, 7) is 1.45. The summed E-state index contributed by atoms with van der Waals surface area (Å²) >= 11 is 0. The van der Waals surface area contributed by atoms with E-state index >= 15 is 0 Å². The van der Waals surface area contributed by atoms with Crippen LogP contribution >= 0.6 is 0 Å². The lowest BCUT2D eigenvalue weighted by Crippen LogP contribution is -2.46. The Hall–Kier alpha value is -2.48. The van der Waals surface area contributed by atoms with Gasteiger partial charge < -0.3 is 14.5 Å². The van der Waals surface area contributed by atoms with E-state index < -0.39 is 0 Å². The molecule has 8 heteroatoms. The van der Waals surface area contributed by atoms with E-state index in [2.05, 4.69) is 15.3 Å². The molecule has 1 aliphatic rings. The number of carbonyl (C=O) groups is 1. The highest BCUT2D eigenvalue weighted by Gasteiger charge is 2.35. The van der Waals surface area contributed by atoms with Crippen LogP contribution in [0.3, 0.4) is 0 Å². The van der Waals surface area contributed by atoms with E-state index in [0.29, 0.717) is 19.8 Å². The van der Waals surface area contributed by atoms with Gasteiger partial charge in [0, 0.05) is 46.5 Å². The molecular weight excluding hydrogens is 308 g/mol. The molecule has 0 saturated carbocycles. The molecule has 2 amide bonds. The van der Waals surface area contributed by atoms with Crippen LogP contribution < -0.4 is 0 Å². The number of carbonyl (C=O) groups excluding carboxylic acids is 1. The van der Waals surface area contributed by atoms with Gasteiger partial charge >= 0.3 is 6.03 Å². The first-order valence-electron chi connectivity index (χ1n) is 7.91. The normalized spacial score (nSPS) is 16.8. The monoisotopic (exact) mass is 330 g/mol. The molecule has 3 rings (SSSR count). The minimum Gasteiger partial charge on any atom is -0.374 e. The van der Waals surface area contributed by atoms with Crippen molar-refractivity contribution in [2.45, 2.75) is 19.1 Å². The summed E-state index contributed by atoms with van der Waals surface area (Å²) in [4.78, 5) is 20.0. The number of amides is 2. The summed E-state index contributed by atoms with van der Waals surface area (Å²) in [6, 6.07) is 3.57. The zero-order valence-electron chi connectivity index (χ0n) is 14.2. The van der Waals surface area contributed by atoms with Crippen LogP contribution in [0.1, 0.15) is 23.0 Å². The zero-order valence-corrected chi connectivity index (χ0v) is 14.2. The predicted octanol–water partition coefficient (Wildman–Crippen LogP) is 1.01. The SMILES string of the molecule is CN(C)C(=O)N1CCc2c(nnn2C)C1COCc1cccnc1. The fourth-order valence-corrected chi connectivity index (χ4v) is 2.90. The molecule has 0 fully saturated rings. The van der Waals surface area contributed by atoms with Crippen molar-refractivity contribution in [3.05, 3.63) is 41.5 Å². The van der Waals surface area contributed by atoms with Crippen LogP contribution in [-0.4, -0.2) is 63.1 Å². The molecule has 2 aromatic rings. The Labute approximate surface area is 141 Å². The average Bonchev–Trinajstić information content (AvgIpc) is 2.97. The maximum absolute atomic E-state index is 12.5. The van der Waals surface area contributed by atoms with E-state index in [4.69, 9.17) is 4.74 Å². The second-order valence-electron chi connectivity index (χ2n) is 6.06. The van der Waals surface area contributed by atoms with Gasteiger partial charge in [-0.1, -0.05) is 11.3 Å². The Morgan fingerprint density at radius 2 is 2.29 bits per heavy atom. The zero-order chi connectivity index (χ0) is 17.1. The number of pyridine rings is 1. The molecule has 3 heterocycles. The van der Waals surface area contributed by atoms with Crippen molar-refractivity contribution in [1.82, 2.24) is 29.8 Å². The third-order valence-electron chi connectivity index (χ3n) is 4.15. The van der Waals surface area contributed by atoms with Crippen LogP contribution in [0.4, 0.5) is 4.79 Å². The molecule has 0 aliphatic carbocycles. The van der Waals surface area contributed by atoms with Gasteiger partial charge in [-0.25, -0.2) is 4.79 Å². The molecule has 1 atom stereocenters. The van der Waals surface area contributed by atoms with Crippen molar-refractivity contribution in [1.29, 1.82) is 0 Å². The molecule has 0 bridgehead atoms. The molecule has 24 heavy (non-hydrogen) atoms. The second-order valence-corrected chi connectivity index (χ2v) is 6.06. The van der Waals surface area contributed by atoms with Crippen molar-refractivity contribution < 1.29 is 9.53 Å². The molecule has 0 radical (unpaired) electrons. The summed E-state index contributed by atoms with van der Waals surface area (Å²) in [5.74, 6) is 0. The molecule has 128 valence electrons. The van der Waals surface area contributed by atoms with Gasteiger partial charge in [0.05, 0.1) is 18.9 Å². The van der Waals surface area contributed by atoms with Crippen LogP contribution in [0.25, 0.3) is 0 Å². The van der Waals surface area contributed by atoms with Crippen molar-refractivity contribution in [3.63, 3.8) is 0 Å². The highest BCUT2D eigenvalue weighted by molar-refractivity contribution is 5.74. The highest BCUT2D eigenvalue weighted by atomic mass is 16.5. The molecule has 1 unspecified atom stereocenters. The number of fused-ring (bicyclic) bond motifs is 1. The van der Waals surface area contributed by atoms with Gasteiger partial charge in [0.1, 0.15) is 11.7 Å². The standard InChI is InChI=1S/C16H22N6O2/c1-20(2)16(23)22-8-6-13-15(18-19-21(13)3)14(22)11-24-10-12-5-4-7-17-9-12/h4-5,7,9,14H,6,8,10-11H2,1-3H3. The number of hydrogen-bond donors (Lipinski definition) is 0. The Kier molecular flexibility index (Phi) is 4.75. The van der Waals surface area contributed by atoms with Gasteiger partial charge in [-0.15, -0.1) is 5.10 Å². The van der Waals surface area contributed by atoms with E-state index in [-0.39, 0.29) is 12.1 Å². The third kappa shape index (κ3) is 3.23. The summed E-state index contributed by atoms with van der Waals surface area (Å²) < 4.78 is 7.63. The van der Waals surface area contributed by atoms with Crippen LogP contribution in [0.15, 0.2) is 24.5 Å². The minimum atomic E-state index is -0.228. The van der Waals surface area contributed by atoms with Crippen molar-refractivity contribution in [3.8, 4) is 0 Å². The number of ether oxygens (including phenoxy) is 1. The van der Waals surface area contributed by atoms with E-state index in [1.807, 2.05) is 19.2 Å². The maximum Gasteiger partial charge on any atom is 0.320 e. The lowest BCUT2D eigenvalue weighted by molar-refractivity contribution is 0.0503. The number of aromatic nitrogens is 4. The van der Waals surface area contributed by atoms with Crippen molar-refractivity contribution >= 4 is 6.03 Å².